The lowest BCUT2D eigenvalue weighted by atomic mass is 10.2. The van der Waals surface area contributed by atoms with E-state index in [1.165, 1.54) is 18.1 Å². The van der Waals surface area contributed by atoms with Crippen molar-refractivity contribution in [3.63, 3.8) is 0 Å². The van der Waals surface area contributed by atoms with Crippen LogP contribution < -0.4 is 0 Å². The minimum atomic E-state index is -0.348. The summed E-state index contributed by atoms with van der Waals surface area (Å²) in [5, 5.41) is 0.952. The zero-order chi connectivity index (χ0) is 15.8. The molecule has 0 aliphatic heterocycles. The normalized spacial score (nSPS) is 10.7. The molecule has 0 N–H and O–H groups in total. The van der Waals surface area contributed by atoms with E-state index in [4.69, 9.17) is 23.2 Å². The van der Waals surface area contributed by atoms with Crippen molar-refractivity contribution in [2.45, 2.75) is 13.3 Å². The van der Waals surface area contributed by atoms with E-state index in [2.05, 4.69) is 4.74 Å². The van der Waals surface area contributed by atoms with E-state index in [0.717, 1.165) is 0 Å². The molecule has 0 atom stereocenters. The Bertz CT molecular complexity index is 523. The number of hydrogen-bond acceptors (Lipinski definition) is 3. The van der Waals surface area contributed by atoms with Crippen molar-refractivity contribution in [1.82, 2.24) is 4.90 Å². The quantitative estimate of drug-likeness (QED) is 0.593. The molecule has 6 heteroatoms. The minimum absolute atomic E-state index is 0.163. The second kappa shape index (κ2) is 8.70. The van der Waals surface area contributed by atoms with Crippen LogP contribution in [0.25, 0.3) is 6.08 Å². The summed E-state index contributed by atoms with van der Waals surface area (Å²) in [6.07, 6.45) is 3.14. The van der Waals surface area contributed by atoms with Gasteiger partial charge in [-0.25, -0.2) is 0 Å². The predicted molar refractivity (Wildman–Crippen MR) is 84.4 cm³/mol. The maximum atomic E-state index is 12.1. The van der Waals surface area contributed by atoms with Gasteiger partial charge in [-0.05, 0) is 25.1 Å². The Balaban J connectivity index is 2.73. The van der Waals surface area contributed by atoms with Gasteiger partial charge in [-0.15, -0.1) is 0 Å². The molecule has 0 aromatic heterocycles. The van der Waals surface area contributed by atoms with Gasteiger partial charge in [0.2, 0.25) is 5.91 Å². The van der Waals surface area contributed by atoms with Crippen LogP contribution in [0, 0.1) is 0 Å². The zero-order valence-corrected chi connectivity index (χ0v) is 13.4. The summed E-state index contributed by atoms with van der Waals surface area (Å²) in [5.74, 6) is -0.559. The molecule has 1 amide bonds. The van der Waals surface area contributed by atoms with Gasteiger partial charge < -0.3 is 9.64 Å². The highest BCUT2D eigenvalue weighted by Gasteiger charge is 2.11. The molecule has 1 rings (SSSR count). The number of amides is 1. The third-order valence-electron chi connectivity index (χ3n) is 2.90. The van der Waals surface area contributed by atoms with Gasteiger partial charge in [-0.1, -0.05) is 29.3 Å². The van der Waals surface area contributed by atoms with Gasteiger partial charge in [0, 0.05) is 34.8 Å². The summed E-state index contributed by atoms with van der Waals surface area (Å²) in [6, 6.07) is 5.14. The lowest BCUT2D eigenvalue weighted by Crippen LogP contribution is -2.31. The Kier molecular flexibility index (Phi) is 7.26. The number of likely N-dealkylation sites (N-methyl/N-ethyl adjacent to an activating group) is 1. The molecule has 0 radical (unpaired) electrons. The maximum absolute atomic E-state index is 12.1. The van der Waals surface area contributed by atoms with Crippen molar-refractivity contribution >= 4 is 41.2 Å². The van der Waals surface area contributed by atoms with Crippen LogP contribution in [0.1, 0.15) is 18.9 Å². The number of carbonyl (C=O) groups is 2. The summed E-state index contributed by atoms with van der Waals surface area (Å²) in [6.45, 7) is 2.64. The van der Waals surface area contributed by atoms with Crippen LogP contribution in [-0.4, -0.2) is 37.0 Å². The highest BCUT2D eigenvalue weighted by atomic mass is 35.5. The molecule has 0 fully saturated rings. The fourth-order valence-corrected chi connectivity index (χ4v) is 2.21. The van der Waals surface area contributed by atoms with Crippen LogP contribution in [0.2, 0.25) is 10.0 Å². The van der Waals surface area contributed by atoms with Crippen LogP contribution in [0.5, 0.6) is 0 Å². The number of benzene rings is 1. The first kappa shape index (κ1) is 17.5. The summed E-state index contributed by atoms with van der Waals surface area (Å²) in [4.78, 5) is 24.7. The third-order valence-corrected chi connectivity index (χ3v) is 3.56. The second-order valence-electron chi connectivity index (χ2n) is 4.21. The van der Waals surface area contributed by atoms with E-state index in [1.54, 1.807) is 24.3 Å². The van der Waals surface area contributed by atoms with Gasteiger partial charge in [0.15, 0.2) is 0 Å². The summed E-state index contributed by atoms with van der Waals surface area (Å²) >= 11 is 12.1. The van der Waals surface area contributed by atoms with E-state index in [9.17, 15) is 9.59 Å². The molecule has 1 aromatic rings. The molecule has 114 valence electrons. The highest BCUT2D eigenvalue weighted by molar-refractivity contribution is 6.37. The van der Waals surface area contributed by atoms with Gasteiger partial charge >= 0.3 is 5.97 Å². The summed E-state index contributed by atoms with van der Waals surface area (Å²) in [7, 11) is 1.32. The first-order valence-corrected chi connectivity index (χ1v) is 7.23. The molecule has 0 aliphatic rings. The Morgan fingerprint density at radius 2 is 1.90 bits per heavy atom. The van der Waals surface area contributed by atoms with E-state index < -0.39 is 0 Å². The monoisotopic (exact) mass is 329 g/mol. The third kappa shape index (κ3) is 5.40. The molecule has 0 heterocycles. The molecule has 0 spiro atoms. The molecule has 0 unspecified atom stereocenters. The number of rotatable bonds is 6. The van der Waals surface area contributed by atoms with Crippen molar-refractivity contribution in [1.29, 1.82) is 0 Å². The van der Waals surface area contributed by atoms with Crippen molar-refractivity contribution in [3.05, 3.63) is 39.9 Å². The SMILES string of the molecule is CCN(CCC(=O)OC)C(=O)/C=C/c1c(Cl)cccc1Cl. The van der Waals surface area contributed by atoms with Gasteiger partial charge in [0.05, 0.1) is 13.5 Å². The fourth-order valence-electron chi connectivity index (χ4n) is 1.68. The first-order chi connectivity index (χ1) is 9.99. The van der Waals surface area contributed by atoms with Gasteiger partial charge in [0.25, 0.3) is 0 Å². The number of halogens is 2. The standard InChI is InChI=1S/C15H17Cl2NO3/c1-3-18(10-9-15(20)21-2)14(19)8-7-11-12(16)5-4-6-13(11)17/h4-8H,3,9-10H2,1-2H3/b8-7+. The summed E-state index contributed by atoms with van der Waals surface area (Å²) in [5.41, 5.74) is 0.596. The van der Waals surface area contributed by atoms with Crippen molar-refractivity contribution in [3.8, 4) is 0 Å². The van der Waals surface area contributed by atoms with Gasteiger partial charge in [-0.3, -0.25) is 9.59 Å². The number of methoxy groups -OCH3 is 1. The molecular weight excluding hydrogens is 313 g/mol. The van der Waals surface area contributed by atoms with Crippen LogP contribution in [0.4, 0.5) is 0 Å². The highest BCUT2D eigenvalue weighted by Crippen LogP contribution is 2.25. The molecule has 0 bridgehead atoms. The zero-order valence-electron chi connectivity index (χ0n) is 11.9. The first-order valence-electron chi connectivity index (χ1n) is 6.47. The molecular formula is C15H17Cl2NO3. The van der Waals surface area contributed by atoms with Gasteiger partial charge in [0.1, 0.15) is 0 Å². The molecule has 0 saturated carbocycles. The van der Waals surface area contributed by atoms with Gasteiger partial charge in [-0.2, -0.15) is 0 Å². The van der Waals surface area contributed by atoms with Crippen molar-refractivity contribution in [2.24, 2.45) is 0 Å². The number of carbonyl (C=O) groups excluding carboxylic acids is 2. The number of hydrogen-bond donors (Lipinski definition) is 0. The average molecular weight is 330 g/mol. The Labute approximate surface area is 134 Å². The van der Waals surface area contributed by atoms with Crippen molar-refractivity contribution in [2.75, 3.05) is 20.2 Å². The lowest BCUT2D eigenvalue weighted by Gasteiger charge is -2.18. The molecule has 0 saturated heterocycles. The van der Waals surface area contributed by atoms with Crippen LogP contribution in [-0.2, 0) is 14.3 Å². The van der Waals surface area contributed by atoms with E-state index in [1.807, 2.05) is 6.92 Å². The largest absolute Gasteiger partial charge is 0.469 e. The second-order valence-corrected chi connectivity index (χ2v) is 5.03. The smallest absolute Gasteiger partial charge is 0.307 e. The number of ether oxygens (including phenoxy) is 1. The lowest BCUT2D eigenvalue weighted by molar-refractivity contribution is -0.141. The Morgan fingerprint density at radius 3 is 2.43 bits per heavy atom. The van der Waals surface area contributed by atoms with Crippen LogP contribution in [0.3, 0.4) is 0 Å². The average Bonchev–Trinajstić information content (AvgIpc) is 2.47. The molecule has 0 aliphatic carbocycles. The molecule has 4 nitrogen and oxygen atoms in total. The predicted octanol–water partition coefficient (Wildman–Crippen LogP) is 3.42. The van der Waals surface area contributed by atoms with E-state index >= 15 is 0 Å². The maximum Gasteiger partial charge on any atom is 0.307 e. The Morgan fingerprint density at radius 1 is 1.29 bits per heavy atom. The van der Waals surface area contributed by atoms with Crippen molar-refractivity contribution < 1.29 is 14.3 Å². The fraction of sp³-hybridized carbons (Fsp3) is 0.333. The minimum Gasteiger partial charge on any atom is -0.469 e. The van der Waals surface area contributed by atoms with Crippen LogP contribution >= 0.6 is 23.2 Å². The summed E-state index contributed by atoms with van der Waals surface area (Å²) < 4.78 is 4.56. The Hall–Kier alpha value is -1.52. The van der Waals surface area contributed by atoms with E-state index in [0.29, 0.717) is 28.7 Å². The van der Waals surface area contributed by atoms with Crippen LogP contribution in [0.15, 0.2) is 24.3 Å². The van der Waals surface area contributed by atoms with E-state index in [-0.39, 0.29) is 18.3 Å². The topological polar surface area (TPSA) is 46.6 Å². The number of esters is 1. The number of nitrogens with zero attached hydrogens (tertiary/aromatic N) is 1. The molecule has 21 heavy (non-hydrogen) atoms. The molecule has 1 aromatic carbocycles.